The summed E-state index contributed by atoms with van der Waals surface area (Å²) in [6.45, 7) is 11.3. The maximum Gasteiger partial charge on any atom is 0.223 e. The summed E-state index contributed by atoms with van der Waals surface area (Å²) < 4.78 is 0. The van der Waals surface area contributed by atoms with Crippen molar-refractivity contribution in [1.29, 1.82) is 0 Å². The third-order valence-corrected chi connectivity index (χ3v) is 7.53. The van der Waals surface area contributed by atoms with Crippen molar-refractivity contribution < 1.29 is 4.79 Å². The second-order valence-electron chi connectivity index (χ2n) is 11.6. The Morgan fingerprint density at radius 1 is 0.581 bits per heavy atom. The smallest absolute Gasteiger partial charge is 0.223 e. The minimum absolute atomic E-state index is 0.0213. The number of carbonyl (C=O) groups excluding carboxylic acids is 1. The Kier molecular flexibility index (Phi) is 14.8. The van der Waals surface area contributed by atoms with E-state index in [-0.39, 0.29) is 11.1 Å². The number of unbranched alkanes of at least 4 members (excludes halogenated alkanes) is 16. The van der Waals surface area contributed by atoms with Gasteiger partial charge in [-0.2, -0.15) is 0 Å². The molecule has 31 heavy (non-hydrogen) atoms. The highest BCUT2D eigenvalue weighted by molar-refractivity contribution is 5.78. The number of piperidine rings is 1. The summed E-state index contributed by atoms with van der Waals surface area (Å²) >= 11 is 0. The lowest BCUT2D eigenvalue weighted by Crippen LogP contribution is -2.60. The Bertz CT molecular complexity index is 438. The molecule has 1 aliphatic rings. The van der Waals surface area contributed by atoms with Crippen LogP contribution in [0.2, 0.25) is 0 Å². The highest BCUT2D eigenvalue weighted by Crippen LogP contribution is 2.38. The monoisotopic (exact) mass is 435 g/mol. The van der Waals surface area contributed by atoms with Gasteiger partial charge in [-0.05, 0) is 53.4 Å². The Hall–Kier alpha value is -0.530. The minimum atomic E-state index is 0.0213. The number of amides is 1. The van der Waals surface area contributed by atoms with Gasteiger partial charge in [0.25, 0.3) is 0 Å². The van der Waals surface area contributed by atoms with E-state index < -0.39 is 0 Å². The molecule has 0 N–H and O–H groups in total. The molecule has 1 rings (SSSR count). The second-order valence-corrected chi connectivity index (χ2v) is 11.6. The van der Waals surface area contributed by atoms with Gasteiger partial charge in [-0.3, -0.25) is 4.79 Å². The number of hydrogen-bond donors (Lipinski definition) is 0. The van der Waals surface area contributed by atoms with Crippen LogP contribution in [0, 0.1) is 0 Å². The Labute approximate surface area is 196 Å². The van der Waals surface area contributed by atoms with E-state index in [2.05, 4.69) is 39.5 Å². The van der Waals surface area contributed by atoms with Crippen molar-refractivity contribution in [3.63, 3.8) is 0 Å². The fraction of sp³-hybridized carbons (Fsp3) is 0.966. The molecule has 0 aromatic carbocycles. The van der Waals surface area contributed by atoms with E-state index in [0.29, 0.717) is 5.91 Å². The highest BCUT2D eigenvalue weighted by atomic mass is 16.2. The zero-order valence-electron chi connectivity index (χ0n) is 22.2. The lowest BCUT2D eigenvalue weighted by atomic mass is 9.79. The molecule has 0 saturated carbocycles. The molecule has 1 saturated heterocycles. The number of nitrogens with zero attached hydrogens (tertiary/aromatic N) is 1. The molecule has 0 bridgehead atoms. The first kappa shape index (κ1) is 28.5. The van der Waals surface area contributed by atoms with Gasteiger partial charge in [0.15, 0.2) is 0 Å². The van der Waals surface area contributed by atoms with Crippen LogP contribution in [-0.2, 0) is 4.79 Å². The molecule has 0 radical (unpaired) electrons. The van der Waals surface area contributed by atoms with Gasteiger partial charge in [-0.25, -0.2) is 0 Å². The van der Waals surface area contributed by atoms with Gasteiger partial charge in [-0.1, -0.05) is 110 Å². The summed E-state index contributed by atoms with van der Waals surface area (Å²) in [4.78, 5) is 15.1. The molecule has 0 atom stereocenters. The first-order valence-corrected chi connectivity index (χ1v) is 14.1. The van der Waals surface area contributed by atoms with Crippen molar-refractivity contribution in [2.45, 2.75) is 181 Å². The summed E-state index contributed by atoms with van der Waals surface area (Å²) in [5.41, 5.74) is 0.0426. The van der Waals surface area contributed by atoms with Crippen LogP contribution in [0.4, 0.5) is 0 Å². The highest BCUT2D eigenvalue weighted by Gasteiger charge is 2.43. The summed E-state index contributed by atoms with van der Waals surface area (Å²) in [6.07, 6.45) is 27.8. The molecule has 1 fully saturated rings. The number of likely N-dealkylation sites (tertiary alicyclic amines) is 1. The van der Waals surface area contributed by atoms with Crippen molar-refractivity contribution >= 4 is 5.91 Å². The third-order valence-electron chi connectivity index (χ3n) is 7.53. The van der Waals surface area contributed by atoms with E-state index in [1.165, 1.54) is 109 Å². The van der Waals surface area contributed by atoms with E-state index in [1.54, 1.807) is 0 Å². The van der Waals surface area contributed by atoms with Gasteiger partial charge in [-0.15, -0.1) is 0 Å². The van der Waals surface area contributed by atoms with Crippen molar-refractivity contribution in [1.82, 2.24) is 4.90 Å². The van der Waals surface area contributed by atoms with Gasteiger partial charge < -0.3 is 4.90 Å². The zero-order valence-corrected chi connectivity index (χ0v) is 22.2. The fourth-order valence-corrected chi connectivity index (χ4v) is 5.78. The Balaban J connectivity index is 1.92. The van der Waals surface area contributed by atoms with Crippen molar-refractivity contribution in [2.24, 2.45) is 0 Å². The average Bonchev–Trinajstić information content (AvgIpc) is 2.69. The molecule has 0 spiro atoms. The molecule has 1 amide bonds. The molecule has 0 aromatic heterocycles. The van der Waals surface area contributed by atoms with Crippen LogP contribution in [0.3, 0.4) is 0 Å². The van der Waals surface area contributed by atoms with Gasteiger partial charge >= 0.3 is 0 Å². The zero-order chi connectivity index (χ0) is 23.0. The summed E-state index contributed by atoms with van der Waals surface area (Å²) in [5.74, 6) is 0.385. The van der Waals surface area contributed by atoms with E-state index >= 15 is 0 Å². The van der Waals surface area contributed by atoms with Gasteiger partial charge in [0.2, 0.25) is 5.91 Å². The second kappa shape index (κ2) is 16.1. The quantitative estimate of drug-likeness (QED) is 0.196. The van der Waals surface area contributed by atoms with Crippen molar-refractivity contribution in [2.75, 3.05) is 0 Å². The Morgan fingerprint density at radius 3 is 1.26 bits per heavy atom. The number of carbonyl (C=O) groups is 1. The molecule has 0 unspecified atom stereocenters. The summed E-state index contributed by atoms with van der Waals surface area (Å²) in [5, 5.41) is 0. The maximum absolute atomic E-state index is 12.9. The van der Waals surface area contributed by atoms with E-state index in [4.69, 9.17) is 0 Å². The lowest BCUT2D eigenvalue weighted by Gasteiger charge is -2.53. The minimum Gasteiger partial charge on any atom is -0.332 e. The maximum atomic E-state index is 12.9. The normalized spacial score (nSPS) is 17.8. The predicted octanol–water partition coefficient (Wildman–Crippen LogP) is 9.60. The standard InChI is InChI=1S/C29H57NO/c1-6-7-8-9-10-11-12-13-14-15-16-17-18-19-20-21-22-24-27(31)30-28(2,3)25-23-26-29(30,4)5/h6-26H2,1-5H3. The van der Waals surface area contributed by atoms with Crippen LogP contribution in [-0.4, -0.2) is 21.9 Å². The molecular weight excluding hydrogens is 378 g/mol. The molecule has 2 heteroatoms. The first-order chi connectivity index (χ1) is 14.8. The van der Waals surface area contributed by atoms with Crippen LogP contribution in [0.5, 0.6) is 0 Å². The largest absolute Gasteiger partial charge is 0.332 e. The molecular formula is C29H57NO. The fourth-order valence-electron chi connectivity index (χ4n) is 5.78. The van der Waals surface area contributed by atoms with Gasteiger partial charge in [0, 0.05) is 17.5 Å². The van der Waals surface area contributed by atoms with E-state index in [0.717, 1.165) is 25.7 Å². The molecule has 184 valence electrons. The molecule has 0 aliphatic carbocycles. The summed E-state index contributed by atoms with van der Waals surface area (Å²) in [7, 11) is 0. The Morgan fingerprint density at radius 2 is 0.903 bits per heavy atom. The topological polar surface area (TPSA) is 20.3 Å². The summed E-state index contributed by atoms with van der Waals surface area (Å²) in [6, 6.07) is 0. The number of rotatable bonds is 18. The van der Waals surface area contributed by atoms with E-state index in [1.807, 2.05) is 0 Å². The third kappa shape index (κ3) is 12.3. The average molecular weight is 436 g/mol. The van der Waals surface area contributed by atoms with E-state index in [9.17, 15) is 4.79 Å². The lowest BCUT2D eigenvalue weighted by molar-refractivity contribution is -0.149. The van der Waals surface area contributed by atoms with Gasteiger partial charge in [0.1, 0.15) is 0 Å². The van der Waals surface area contributed by atoms with Crippen LogP contribution in [0.1, 0.15) is 169 Å². The van der Waals surface area contributed by atoms with Crippen LogP contribution < -0.4 is 0 Å². The van der Waals surface area contributed by atoms with Crippen LogP contribution in [0.25, 0.3) is 0 Å². The van der Waals surface area contributed by atoms with Gasteiger partial charge in [0.05, 0.1) is 0 Å². The van der Waals surface area contributed by atoms with Crippen LogP contribution >= 0.6 is 0 Å². The van der Waals surface area contributed by atoms with Crippen molar-refractivity contribution in [3.05, 3.63) is 0 Å². The van der Waals surface area contributed by atoms with Crippen molar-refractivity contribution in [3.8, 4) is 0 Å². The SMILES string of the molecule is CCCCCCCCCCCCCCCCCCCC(=O)N1C(C)(C)CCCC1(C)C. The van der Waals surface area contributed by atoms with Crippen LogP contribution in [0.15, 0.2) is 0 Å². The number of hydrogen-bond acceptors (Lipinski definition) is 1. The molecule has 2 nitrogen and oxygen atoms in total. The molecule has 1 heterocycles. The molecule has 1 aliphatic heterocycles. The molecule has 0 aromatic rings. The first-order valence-electron chi connectivity index (χ1n) is 14.1. The predicted molar refractivity (Wildman–Crippen MR) is 138 cm³/mol.